The summed E-state index contributed by atoms with van der Waals surface area (Å²) in [4.78, 5) is 18.4. The van der Waals surface area contributed by atoms with Crippen molar-refractivity contribution in [1.82, 2.24) is 9.97 Å². The highest BCUT2D eigenvalue weighted by Crippen LogP contribution is 2.10. The predicted molar refractivity (Wildman–Crippen MR) is 56.2 cm³/mol. The monoisotopic (exact) mass is 195 g/mol. The molecule has 1 atom stereocenters. The third-order valence-corrected chi connectivity index (χ3v) is 2.36. The number of H-pyrrole nitrogens is 1. The standard InChI is InChI=1S/C10H17N3O/c1-4-5-8(11)9-12-7(3)6(2)10(14)13-9/h8H,4-5,11H2,1-3H3,(H,12,13,14). The Kier molecular flexibility index (Phi) is 3.41. The van der Waals surface area contributed by atoms with Gasteiger partial charge >= 0.3 is 0 Å². The molecule has 0 bridgehead atoms. The summed E-state index contributed by atoms with van der Waals surface area (Å²) in [6, 6.07) is -0.160. The van der Waals surface area contributed by atoms with E-state index in [1.807, 2.05) is 6.92 Å². The fourth-order valence-electron chi connectivity index (χ4n) is 1.29. The number of nitrogens with two attached hydrogens (primary N) is 1. The van der Waals surface area contributed by atoms with E-state index in [9.17, 15) is 4.79 Å². The average Bonchev–Trinajstić information content (AvgIpc) is 2.13. The van der Waals surface area contributed by atoms with Gasteiger partial charge in [-0.15, -0.1) is 0 Å². The number of nitrogens with one attached hydrogen (secondary N) is 1. The smallest absolute Gasteiger partial charge is 0.254 e. The van der Waals surface area contributed by atoms with E-state index in [4.69, 9.17) is 5.73 Å². The topological polar surface area (TPSA) is 71.8 Å². The summed E-state index contributed by atoms with van der Waals surface area (Å²) < 4.78 is 0. The molecule has 0 radical (unpaired) electrons. The second kappa shape index (κ2) is 4.37. The van der Waals surface area contributed by atoms with Crippen molar-refractivity contribution < 1.29 is 0 Å². The van der Waals surface area contributed by atoms with Crippen LogP contribution in [0.3, 0.4) is 0 Å². The maximum atomic E-state index is 11.4. The Morgan fingerprint density at radius 3 is 2.64 bits per heavy atom. The van der Waals surface area contributed by atoms with Crippen molar-refractivity contribution in [3.8, 4) is 0 Å². The van der Waals surface area contributed by atoms with E-state index in [0.29, 0.717) is 11.4 Å². The van der Waals surface area contributed by atoms with Crippen LogP contribution < -0.4 is 11.3 Å². The Morgan fingerprint density at radius 1 is 1.50 bits per heavy atom. The molecule has 1 aromatic heterocycles. The lowest BCUT2D eigenvalue weighted by Crippen LogP contribution is -2.22. The van der Waals surface area contributed by atoms with Crippen LogP contribution in [0.5, 0.6) is 0 Å². The molecule has 4 heteroatoms. The largest absolute Gasteiger partial charge is 0.321 e. The van der Waals surface area contributed by atoms with Crippen LogP contribution >= 0.6 is 0 Å². The second-order valence-electron chi connectivity index (χ2n) is 3.56. The third-order valence-electron chi connectivity index (χ3n) is 2.36. The van der Waals surface area contributed by atoms with Gasteiger partial charge in [-0.05, 0) is 20.3 Å². The van der Waals surface area contributed by atoms with E-state index < -0.39 is 0 Å². The van der Waals surface area contributed by atoms with E-state index >= 15 is 0 Å². The SMILES string of the molecule is CCCC(N)c1nc(C)c(C)c(=O)[nH]1. The second-order valence-corrected chi connectivity index (χ2v) is 3.56. The first kappa shape index (κ1) is 10.9. The minimum atomic E-state index is -0.160. The molecule has 0 saturated heterocycles. The third kappa shape index (κ3) is 2.20. The lowest BCUT2D eigenvalue weighted by molar-refractivity contribution is 0.596. The summed E-state index contributed by atoms with van der Waals surface area (Å²) in [5.74, 6) is 0.597. The van der Waals surface area contributed by atoms with Crippen LogP contribution in [0.15, 0.2) is 4.79 Å². The van der Waals surface area contributed by atoms with Gasteiger partial charge in [-0.25, -0.2) is 4.98 Å². The van der Waals surface area contributed by atoms with Gasteiger partial charge in [0.25, 0.3) is 5.56 Å². The number of hydrogen-bond donors (Lipinski definition) is 2. The summed E-state index contributed by atoms with van der Waals surface area (Å²) in [6.07, 6.45) is 1.82. The van der Waals surface area contributed by atoms with Crippen molar-refractivity contribution in [3.63, 3.8) is 0 Å². The van der Waals surface area contributed by atoms with Gasteiger partial charge in [-0.1, -0.05) is 13.3 Å². The van der Waals surface area contributed by atoms with Crippen molar-refractivity contribution in [3.05, 3.63) is 27.4 Å². The molecule has 0 fully saturated rings. The first-order chi connectivity index (χ1) is 6.56. The maximum Gasteiger partial charge on any atom is 0.254 e. The number of hydrogen-bond acceptors (Lipinski definition) is 3. The van der Waals surface area contributed by atoms with Crippen molar-refractivity contribution >= 4 is 0 Å². The molecule has 0 aliphatic heterocycles. The van der Waals surface area contributed by atoms with E-state index in [1.165, 1.54) is 0 Å². The maximum absolute atomic E-state index is 11.4. The van der Waals surface area contributed by atoms with Crippen LogP contribution in [-0.4, -0.2) is 9.97 Å². The van der Waals surface area contributed by atoms with Crippen LogP contribution in [0.4, 0.5) is 0 Å². The Bertz CT molecular complexity index is 370. The predicted octanol–water partition coefficient (Wildman–Crippen LogP) is 1.19. The normalized spacial score (nSPS) is 12.9. The summed E-state index contributed by atoms with van der Waals surface area (Å²) in [5.41, 5.74) is 7.20. The van der Waals surface area contributed by atoms with Gasteiger partial charge in [-0.2, -0.15) is 0 Å². The molecule has 0 saturated carbocycles. The zero-order chi connectivity index (χ0) is 10.7. The lowest BCUT2D eigenvalue weighted by atomic mass is 10.1. The number of aromatic amines is 1. The molecule has 0 amide bonds. The van der Waals surface area contributed by atoms with Crippen LogP contribution in [0.25, 0.3) is 0 Å². The Balaban J connectivity index is 3.06. The summed E-state index contributed by atoms with van der Waals surface area (Å²) >= 11 is 0. The lowest BCUT2D eigenvalue weighted by Gasteiger charge is -2.10. The fourth-order valence-corrected chi connectivity index (χ4v) is 1.29. The summed E-state index contributed by atoms with van der Waals surface area (Å²) in [5, 5.41) is 0. The van der Waals surface area contributed by atoms with Crippen molar-refractivity contribution in [1.29, 1.82) is 0 Å². The molecule has 0 aromatic carbocycles. The summed E-state index contributed by atoms with van der Waals surface area (Å²) in [6.45, 7) is 5.64. The molecule has 78 valence electrons. The number of aryl methyl sites for hydroxylation is 1. The molecular weight excluding hydrogens is 178 g/mol. The van der Waals surface area contributed by atoms with Gasteiger partial charge in [0.2, 0.25) is 0 Å². The molecule has 0 spiro atoms. The van der Waals surface area contributed by atoms with Crippen LogP contribution in [-0.2, 0) is 0 Å². The van der Waals surface area contributed by atoms with Gasteiger partial charge in [0, 0.05) is 11.3 Å². The van der Waals surface area contributed by atoms with Gasteiger partial charge in [0.1, 0.15) is 5.82 Å². The molecule has 1 unspecified atom stereocenters. The highest BCUT2D eigenvalue weighted by Gasteiger charge is 2.09. The van der Waals surface area contributed by atoms with E-state index in [-0.39, 0.29) is 11.6 Å². The zero-order valence-electron chi connectivity index (χ0n) is 8.92. The molecule has 0 aliphatic carbocycles. The Hall–Kier alpha value is -1.16. The van der Waals surface area contributed by atoms with Gasteiger partial charge < -0.3 is 10.7 Å². The number of nitrogens with zero attached hydrogens (tertiary/aromatic N) is 1. The Labute approximate surface area is 83.6 Å². The molecule has 1 rings (SSSR count). The first-order valence-corrected chi connectivity index (χ1v) is 4.89. The average molecular weight is 195 g/mol. The van der Waals surface area contributed by atoms with Crippen molar-refractivity contribution in [2.45, 2.75) is 39.7 Å². The highest BCUT2D eigenvalue weighted by atomic mass is 16.1. The molecule has 14 heavy (non-hydrogen) atoms. The quantitative estimate of drug-likeness (QED) is 0.761. The van der Waals surface area contributed by atoms with Crippen LogP contribution in [0.2, 0.25) is 0 Å². The molecule has 1 heterocycles. The highest BCUT2D eigenvalue weighted by molar-refractivity contribution is 5.15. The van der Waals surface area contributed by atoms with Crippen LogP contribution in [0, 0.1) is 13.8 Å². The van der Waals surface area contributed by atoms with Gasteiger partial charge in [0.15, 0.2) is 0 Å². The molecule has 0 aliphatic rings. The molecular formula is C10H17N3O. The van der Waals surface area contributed by atoms with E-state index in [0.717, 1.165) is 18.5 Å². The minimum Gasteiger partial charge on any atom is -0.321 e. The fraction of sp³-hybridized carbons (Fsp3) is 0.600. The van der Waals surface area contributed by atoms with E-state index in [1.54, 1.807) is 6.92 Å². The summed E-state index contributed by atoms with van der Waals surface area (Å²) in [7, 11) is 0. The molecule has 3 N–H and O–H groups in total. The zero-order valence-corrected chi connectivity index (χ0v) is 8.92. The molecule has 4 nitrogen and oxygen atoms in total. The van der Waals surface area contributed by atoms with Crippen molar-refractivity contribution in [2.24, 2.45) is 5.73 Å². The molecule has 1 aromatic rings. The minimum absolute atomic E-state index is 0.0842. The Morgan fingerprint density at radius 2 is 2.14 bits per heavy atom. The van der Waals surface area contributed by atoms with Gasteiger partial charge in [0.05, 0.1) is 6.04 Å². The van der Waals surface area contributed by atoms with Crippen LogP contribution in [0.1, 0.15) is 42.9 Å². The number of rotatable bonds is 3. The van der Waals surface area contributed by atoms with E-state index in [2.05, 4.69) is 16.9 Å². The van der Waals surface area contributed by atoms with Crippen molar-refractivity contribution in [2.75, 3.05) is 0 Å². The first-order valence-electron chi connectivity index (χ1n) is 4.89. The number of aromatic nitrogens is 2. The van der Waals surface area contributed by atoms with Gasteiger partial charge in [-0.3, -0.25) is 4.79 Å².